The SMILES string of the molecule is Nc1c(Cl)cc(NC(=O)c2cc(=O)[nH]c3ccccc23)cc1Cl. The van der Waals surface area contributed by atoms with Gasteiger partial charge in [-0.3, -0.25) is 9.59 Å². The molecule has 0 radical (unpaired) electrons. The maximum Gasteiger partial charge on any atom is 0.256 e. The molecule has 1 heterocycles. The summed E-state index contributed by atoms with van der Waals surface area (Å²) in [7, 11) is 0. The molecule has 7 heteroatoms. The van der Waals surface area contributed by atoms with E-state index >= 15 is 0 Å². The zero-order valence-corrected chi connectivity index (χ0v) is 13.2. The number of nitrogens with two attached hydrogens (primary N) is 1. The number of pyridine rings is 1. The van der Waals surface area contributed by atoms with Gasteiger partial charge in [-0.1, -0.05) is 41.4 Å². The van der Waals surface area contributed by atoms with E-state index in [2.05, 4.69) is 10.3 Å². The standard InChI is InChI=1S/C16H11Cl2N3O2/c17-11-5-8(6-12(18)15(11)19)20-16(23)10-7-14(22)21-13-4-2-1-3-9(10)13/h1-7H,19H2,(H,20,23)(H,21,22). The van der Waals surface area contributed by atoms with Crippen LogP contribution < -0.4 is 16.6 Å². The molecule has 0 aliphatic rings. The zero-order chi connectivity index (χ0) is 16.6. The van der Waals surface area contributed by atoms with Gasteiger partial charge in [-0.05, 0) is 18.2 Å². The maximum atomic E-state index is 12.5. The fourth-order valence-electron chi connectivity index (χ4n) is 2.25. The van der Waals surface area contributed by atoms with Crippen molar-refractivity contribution in [2.45, 2.75) is 0 Å². The predicted molar refractivity (Wildman–Crippen MR) is 93.4 cm³/mol. The number of benzene rings is 2. The number of nitrogens with one attached hydrogen (secondary N) is 2. The number of amides is 1. The number of rotatable bonds is 2. The predicted octanol–water partition coefficient (Wildman–Crippen LogP) is 3.67. The normalized spacial score (nSPS) is 10.7. The number of H-pyrrole nitrogens is 1. The number of hydrogen-bond donors (Lipinski definition) is 3. The third kappa shape index (κ3) is 3.02. The number of halogens is 2. The first-order chi connectivity index (χ1) is 11.0. The number of hydrogen-bond acceptors (Lipinski definition) is 3. The van der Waals surface area contributed by atoms with Crippen molar-refractivity contribution in [1.29, 1.82) is 0 Å². The van der Waals surface area contributed by atoms with Crippen LogP contribution in [0.2, 0.25) is 10.0 Å². The van der Waals surface area contributed by atoms with Crippen molar-refractivity contribution < 1.29 is 4.79 Å². The van der Waals surface area contributed by atoms with Gasteiger partial charge in [0.2, 0.25) is 5.56 Å². The Balaban J connectivity index is 2.03. The van der Waals surface area contributed by atoms with Crippen LogP contribution in [0.5, 0.6) is 0 Å². The molecule has 0 spiro atoms. The van der Waals surface area contributed by atoms with Crippen molar-refractivity contribution in [3.8, 4) is 0 Å². The molecule has 0 saturated carbocycles. The van der Waals surface area contributed by atoms with E-state index in [1.807, 2.05) is 0 Å². The van der Waals surface area contributed by atoms with Crippen LogP contribution in [0.1, 0.15) is 10.4 Å². The topological polar surface area (TPSA) is 88.0 Å². The van der Waals surface area contributed by atoms with Gasteiger partial charge < -0.3 is 16.0 Å². The Labute approximate surface area is 141 Å². The summed E-state index contributed by atoms with van der Waals surface area (Å²) in [6, 6.07) is 11.3. The summed E-state index contributed by atoms with van der Waals surface area (Å²) < 4.78 is 0. The van der Waals surface area contributed by atoms with E-state index < -0.39 is 5.91 Å². The number of aromatic nitrogens is 1. The first-order valence-electron chi connectivity index (χ1n) is 6.63. The van der Waals surface area contributed by atoms with Crippen molar-refractivity contribution in [2.75, 3.05) is 11.1 Å². The van der Waals surface area contributed by atoms with Crippen LogP contribution in [0.3, 0.4) is 0 Å². The average Bonchev–Trinajstić information content (AvgIpc) is 2.51. The average molecular weight is 348 g/mol. The smallest absolute Gasteiger partial charge is 0.256 e. The fourth-order valence-corrected chi connectivity index (χ4v) is 2.73. The van der Waals surface area contributed by atoms with Crippen molar-refractivity contribution in [3.63, 3.8) is 0 Å². The van der Waals surface area contributed by atoms with E-state index in [0.29, 0.717) is 16.6 Å². The molecule has 5 nitrogen and oxygen atoms in total. The van der Waals surface area contributed by atoms with Crippen molar-refractivity contribution in [1.82, 2.24) is 4.98 Å². The lowest BCUT2D eigenvalue weighted by molar-refractivity contribution is 0.102. The number of para-hydroxylation sites is 1. The molecule has 0 bridgehead atoms. The highest BCUT2D eigenvalue weighted by molar-refractivity contribution is 6.39. The zero-order valence-electron chi connectivity index (χ0n) is 11.7. The maximum absolute atomic E-state index is 12.5. The molecule has 116 valence electrons. The molecule has 0 aliphatic carbocycles. The highest BCUT2D eigenvalue weighted by atomic mass is 35.5. The third-order valence-electron chi connectivity index (χ3n) is 3.33. The minimum absolute atomic E-state index is 0.239. The van der Waals surface area contributed by atoms with Gasteiger partial charge in [0, 0.05) is 22.7 Å². The lowest BCUT2D eigenvalue weighted by Crippen LogP contribution is -2.17. The number of anilines is 2. The molecule has 0 unspecified atom stereocenters. The number of nitrogen functional groups attached to an aromatic ring is 1. The Morgan fingerprint density at radius 2 is 1.74 bits per heavy atom. The lowest BCUT2D eigenvalue weighted by Gasteiger charge is -2.10. The van der Waals surface area contributed by atoms with Gasteiger partial charge in [0.1, 0.15) is 0 Å². The van der Waals surface area contributed by atoms with E-state index in [0.717, 1.165) is 0 Å². The number of carbonyl (C=O) groups excluding carboxylic acids is 1. The highest BCUT2D eigenvalue weighted by Crippen LogP contribution is 2.31. The van der Waals surface area contributed by atoms with Crippen molar-refractivity contribution >= 4 is 51.4 Å². The monoisotopic (exact) mass is 347 g/mol. The van der Waals surface area contributed by atoms with Crippen LogP contribution in [-0.2, 0) is 0 Å². The molecule has 3 aromatic rings. The van der Waals surface area contributed by atoms with Crippen LogP contribution >= 0.6 is 23.2 Å². The summed E-state index contributed by atoms with van der Waals surface area (Å²) in [6.07, 6.45) is 0. The summed E-state index contributed by atoms with van der Waals surface area (Å²) in [5, 5.41) is 3.79. The molecule has 0 saturated heterocycles. The molecular formula is C16H11Cl2N3O2. The van der Waals surface area contributed by atoms with E-state index in [9.17, 15) is 9.59 Å². The summed E-state index contributed by atoms with van der Waals surface area (Å²) in [5.41, 5.74) is 6.78. The van der Waals surface area contributed by atoms with Crippen LogP contribution in [0.25, 0.3) is 10.9 Å². The fraction of sp³-hybridized carbons (Fsp3) is 0. The molecule has 0 fully saturated rings. The first kappa shape index (κ1) is 15.4. The van der Waals surface area contributed by atoms with Gasteiger partial charge in [0.25, 0.3) is 5.91 Å². The van der Waals surface area contributed by atoms with Crippen LogP contribution in [0.4, 0.5) is 11.4 Å². The first-order valence-corrected chi connectivity index (χ1v) is 7.39. The van der Waals surface area contributed by atoms with Gasteiger partial charge in [-0.2, -0.15) is 0 Å². The molecule has 1 aromatic heterocycles. The van der Waals surface area contributed by atoms with Gasteiger partial charge in [0.05, 0.1) is 21.3 Å². The second-order valence-electron chi connectivity index (χ2n) is 4.90. The Hall–Kier alpha value is -2.50. The summed E-state index contributed by atoms with van der Waals surface area (Å²) in [5.74, 6) is -0.441. The van der Waals surface area contributed by atoms with Crippen LogP contribution in [0, 0.1) is 0 Å². The molecule has 3 rings (SSSR count). The van der Waals surface area contributed by atoms with E-state index in [1.165, 1.54) is 18.2 Å². The van der Waals surface area contributed by atoms with Gasteiger partial charge in [0.15, 0.2) is 0 Å². The molecule has 23 heavy (non-hydrogen) atoms. The lowest BCUT2D eigenvalue weighted by atomic mass is 10.1. The van der Waals surface area contributed by atoms with Gasteiger partial charge in [-0.25, -0.2) is 0 Å². The van der Waals surface area contributed by atoms with Crippen LogP contribution in [0.15, 0.2) is 47.3 Å². The second-order valence-corrected chi connectivity index (χ2v) is 5.71. The Bertz CT molecular complexity index is 959. The summed E-state index contributed by atoms with van der Waals surface area (Å²) >= 11 is 11.9. The van der Waals surface area contributed by atoms with E-state index in [4.69, 9.17) is 28.9 Å². The number of carbonyl (C=O) groups is 1. The van der Waals surface area contributed by atoms with Crippen molar-refractivity contribution in [2.24, 2.45) is 0 Å². The summed E-state index contributed by atoms with van der Waals surface area (Å²) in [6.45, 7) is 0. The minimum atomic E-state index is -0.441. The molecular weight excluding hydrogens is 337 g/mol. The minimum Gasteiger partial charge on any atom is -0.396 e. The quantitative estimate of drug-likeness (QED) is 0.618. The molecule has 0 aliphatic heterocycles. The second kappa shape index (κ2) is 5.95. The molecule has 0 atom stereocenters. The van der Waals surface area contributed by atoms with Crippen molar-refractivity contribution in [3.05, 3.63) is 68.4 Å². The van der Waals surface area contributed by atoms with Gasteiger partial charge >= 0.3 is 0 Å². The largest absolute Gasteiger partial charge is 0.396 e. The van der Waals surface area contributed by atoms with E-state index in [1.54, 1.807) is 24.3 Å². The highest BCUT2D eigenvalue weighted by Gasteiger charge is 2.13. The Morgan fingerprint density at radius 1 is 1.09 bits per heavy atom. The summed E-state index contributed by atoms with van der Waals surface area (Å²) in [4.78, 5) is 26.9. The molecule has 1 amide bonds. The van der Waals surface area contributed by atoms with Gasteiger partial charge in [-0.15, -0.1) is 0 Å². The Kier molecular flexibility index (Phi) is 3.98. The molecule has 2 aromatic carbocycles. The Morgan fingerprint density at radius 3 is 2.43 bits per heavy atom. The van der Waals surface area contributed by atoms with Crippen LogP contribution in [-0.4, -0.2) is 10.9 Å². The third-order valence-corrected chi connectivity index (χ3v) is 3.96. The molecule has 4 N–H and O–H groups in total. The number of fused-ring (bicyclic) bond motifs is 1. The number of aromatic amines is 1. The van der Waals surface area contributed by atoms with E-state index in [-0.39, 0.29) is 26.9 Å².